The van der Waals surface area contributed by atoms with Crippen LogP contribution in [0.15, 0.2) is 66.3 Å². The number of rotatable bonds is 4. The average Bonchev–Trinajstić information content (AvgIpc) is 3.48. The quantitative estimate of drug-likeness (QED) is 0.516. The zero-order valence-electron chi connectivity index (χ0n) is 15.4. The van der Waals surface area contributed by atoms with Crippen molar-refractivity contribution in [2.75, 3.05) is 6.54 Å². The van der Waals surface area contributed by atoms with Gasteiger partial charge in [0.1, 0.15) is 0 Å². The molecular formula is C22H20N4OS. The second kappa shape index (κ2) is 7.20. The van der Waals surface area contributed by atoms with Crippen LogP contribution in [0.5, 0.6) is 0 Å². The van der Waals surface area contributed by atoms with Crippen LogP contribution in [0, 0.1) is 0 Å². The standard InChI is InChI=1S/C22H20N4OS/c27-22(25-10-4-8-19(25)20-9-5-11-28-20)18-12-17-14-24-26(21(17)23-13-18)15-16-6-2-1-3-7-16/h1-3,5-7,9,11-14,19H,4,8,10,15H2/t19-/m1/s1. The molecule has 0 spiro atoms. The van der Waals surface area contributed by atoms with E-state index in [9.17, 15) is 4.79 Å². The highest BCUT2D eigenvalue weighted by Crippen LogP contribution is 2.35. The molecule has 5 rings (SSSR count). The van der Waals surface area contributed by atoms with Crippen molar-refractivity contribution in [2.24, 2.45) is 0 Å². The van der Waals surface area contributed by atoms with Crippen LogP contribution >= 0.6 is 11.3 Å². The molecule has 0 unspecified atom stereocenters. The summed E-state index contributed by atoms with van der Waals surface area (Å²) >= 11 is 1.72. The van der Waals surface area contributed by atoms with Crippen molar-refractivity contribution in [3.8, 4) is 0 Å². The topological polar surface area (TPSA) is 51.0 Å². The fourth-order valence-corrected chi connectivity index (χ4v) is 4.79. The number of nitrogens with zero attached hydrogens (tertiary/aromatic N) is 4. The third kappa shape index (κ3) is 3.10. The van der Waals surface area contributed by atoms with Crippen LogP contribution in [0.1, 0.15) is 39.7 Å². The Labute approximate surface area is 167 Å². The number of aromatic nitrogens is 3. The van der Waals surface area contributed by atoms with Crippen molar-refractivity contribution in [1.82, 2.24) is 19.7 Å². The summed E-state index contributed by atoms with van der Waals surface area (Å²) in [6.07, 6.45) is 5.55. The highest BCUT2D eigenvalue weighted by atomic mass is 32.1. The van der Waals surface area contributed by atoms with Crippen LogP contribution in [0.3, 0.4) is 0 Å². The minimum atomic E-state index is 0.0566. The van der Waals surface area contributed by atoms with E-state index in [1.807, 2.05) is 33.8 Å². The Bertz CT molecular complexity index is 1100. The molecule has 140 valence electrons. The molecule has 6 heteroatoms. The van der Waals surface area contributed by atoms with Gasteiger partial charge in [-0.1, -0.05) is 36.4 Å². The van der Waals surface area contributed by atoms with Crippen molar-refractivity contribution in [2.45, 2.75) is 25.4 Å². The molecule has 1 aliphatic rings. The molecule has 1 atom stereocenters. The lowest BCUT2D eigenvalue weighted by Gasteiger charge is -2.23. The van der Waals surface area contributed by atoms with Crippen molar-refractivity contribution < 1.29 is 4.79 Å². The summed E-state index contributed by atoms with van der Waals surface area (Å²) in [5, 5.41) is 7.45. The Morgan fingerprint density at radius 1 is 1.14 bits per heavy atom. The number of hydrogen-bond donors (Lipinski definition) is 0. The predicted octanol–water partition coefficient (Wildman–Crippen LogP) is 4.52. The summed E-state index contributed by atoms with van der Waals surface area (Å²) in [7, 11) is 0. The van der Waals surface area contributed by atoms with E-state index in [0.717, 1.165) is 30.4 Å². The lowest BCUT2D eigenvalue weighted by molar-refractivity contribution is 0.0737. The fraction of sp³-hybridized carbons (Fsp3) is 0.227. The van der Waals surface area contributed by atoms with Crippen LogP contribution in [0.2, 0.25) is 0 Å². The molecule has 1 fully saturated rings. The highest BCUT2D eigenvalue weighted by molar-refractivity contribution is 7.10. The highest BCUT2D eigenvalue weighted by Gasteiger charge is 2.31. The van der Waals surface area contributed by atoms with E-state index in [4.69, 9.17) is 0 Å². The number of pyridine rings is 1. The van der Waals surface area contributed by atoms with Gasteiger partial charge >= 0.3 is 0 Å². The van der Waals surface area contributed by atoms with Crippen LogP contribution in [0.25, 0.3) is 11.0 Å². The monoisotopic (exact) mass is 388 g/mol. The van der Waals surface area contributed by atoms with Gasteiger partial charge in [0.05, 0.1) is 24.3 Å². The first-order chi connectivity index (χ1) is 13.8. The van der Waals surface area contributed by atoms with E-state index in [-0.39, 0.29) is 11.9 Å². The first-order valence-electron chi connectivity index (χ1n) is 9.49. The van der Waals surface area contributed by atoms with Gasteiger partial charge in [0.25, 0.3) is 5.91 Å². The molecule has 0 bridgehead atoms. The molecule has 1 amide bonds. The first-order valence-corrected chi connectivity index (χ1v) is 10.4. The van der Waals surface area contributed by atoms with Crippen molar-refractivity contribution in [3.05, 3.63) is 82.3 Å². The molecule has 0 saturated carbocycles. The van der Waals surface area contributed by atoms with Crippen LogP contribution < -0.4 is 0 Å². The molecular weight excluding hydrogens is 368 g/mol. The molecule has 28 heavy (non-hydrogen) atoms. The van der Waals surface area contributed by atoms with Crippen molar-refractivity contribution in [3.63, 3.8) is 0 Å². The Morgan fingerprint density at radius 2 is 2.04 bits per heavy atom. The van der Waals surface area contributed by atoms with Crippen LogP contribution in [-0.2, 0) is 6.54 Å². The molecule has 0 N–H and O–H groups in total. The Kier molecular flexibility index (Phi) is 4.41. The van der Waals surface area contributed by atoms with Gasteiger partial charge < -0.3 is 4.90 Å². The smallest absolute Gasteiger partial charge is 0.255 e. The van der Waals surface area contributed by atoms with Gasteiger partial charge in [-0.15, -0.1) is 11.3 Å². The van der Waals surface area contributed by atoms with Crippen LogP contribution in [0.4, 0.5) is 0 Å². The molecule has 1 aliphatic heterocycles. The zero-order valence-corrected chi connectivity index (χ0v) is 16.2. The number of carbonyl (C=O) groups excluding carboxylic acids is 1. The molecule has 0 radical (unpaired) electrons. The summed E-state index contributed by atoms with van der Waals surface area (Å²) in [5.74, 6) is 0.0566. The van der Waals surface area contributed by atoms with Gasteiger partial charge in [-0.05, 0) is 35.9 Å². The number of amides is 1. The summed E-state index contributed by atoms with van der Waals surface area (Å²) in [6, 6.07) is 16.5. The molecule has 4 heterocycles. The molecule has 5 nitrogen and oxygen atoms in total. The van der Waals surface area contributed by atoms with Gasteiger partial charge in [0.15, 0.2) is 5.65 Å². The number of likely N-dealkylation sites (tertiary alicyclic amines) is 1. The fourth-order valence-electron chi connectivity index (χ4n) is 3.91. The number of fused-ring (bicyclic) bond motifs is 1. The molecule has 3 aromatic heterocycles. The van der Waals surface area contributed by atoms with Gasteiger partial charge in [-0.3, -0.25) is 4.79 Å². The largest absolute Gasteiger partial charge is 0.331 e. The second-order valence-electron chi connectivity index (χ2n) is 7.10. The Morgan fingerprint density at radius 3 is 2.86 bits per heavy atom. The third-order valence-corrected chi connectivity index (χ3v) is 6.26. The van der Waals surface area contributed by atoms with Crippen LogP contribution in [-0.4, -0.2) is 32.1 Å². The maximum atomic E-state index is 13.2. The number of hydrogen-bond acceptors (Lipinski definition) is 4. The average molecular weight is 388 g/mol. The summed E-state index contributed by atoms with van der Waals surface area (Å²) in [4.78, 5) is 21.0. The summed E-state index contributed by atoms with van der Waals surface area (Å²) < 4.78 is 1.88. The van der Waals surface area contributed by atoms with Gasteiger partial charge in [0, 0.05) is 23.0 Å². The maximum absolute atomic E-state index is 13.2. The first kappa shape index (κ1) is 17.1. The van der Waals surface area contributed by atoms with E-state index in [2.05, 4.69) is 39.7 Å². The van der Waals surface area contributed by atoms with E-state index in [0.29, 0.717) is 12.1 Å². The van der Waals surface area contributed by atoms with E-state index in [1.54, 1.807) is 23.7 Å². The lowest BCUT2D eigenvalue weighted by Crippen LogP contribution is -2.30. The SMILES string of the molecule is O=C(c1cnc2c(cnn2Cc2ccccc2)c1)N1CCC[C@@H]1c1cccs1. The molecule has 1 saturated heterocycles. The van der Waals surface area contributed by atoms with Gasteiger partial charge in [0.2, 0.25) is 0 Å². The Hall–Kier alpha value is -2.99. The van der Waals surface area contributed by atoms with Crippen molar-refractivity contribution in [1.29, 1.82) is 0 Å². The lowest BCUT2D eigenvalue weighted by atomic mass is 10.1. The van der Waals surface area contributed by atoms with Gasteiger partial charge in [-0.25, -0.2) is 9.67 Å². The third-order valence-electron chi connectivity index (χ3n) is 5.28. The molecule has 4 aromatic rings. The van der Waals surface area contributed by atoms with Crippen molar-refractivity contribution >= 4 is 28.3 Å². The maximum Gasteiger partial charge on any atom is 0.255 e. The number of carbonyl (C=O) groups is 1. The van der Waals surface area contributed by atoms with E-state index < -0.39 is 0 Å². The van der Waals surface area contributed by atoms with Gasteiger partial charge in [-0.2, -0.15) is 5.10 Å². The van der Waals surface area contributed by atoms with E-state index >= 15 is 0 Å². The number of benzene rings is 1. The summed E-state index contributed by atoms with van der Waals surface area (Å²) in [5.41, 5.74) is 2.61. The zero-order chi connectivity index (χ0) is 18.9. The van der Waals surface area contributed by atoms with E-state index in [1.165, 1.54) is 10.4 Å². The Balaban J connectivity index is 1.41. The minimum Gasteiger partial charge on any atom is -0.331 e. The predicted molar refractivity (Wildman–Crippen MR) is 110 cm³/mol. The minimum absolute atomic E-state index is 0.0566. The molecule has 0 aliphatic carbocycles. The number of thiophene rings is 1. The molecule has 1 aromatic carbocycles. The normalized spacial score (nSPS) is 16.7. The second-order valence-corrected chi connectivity index (χ2v) is 8.08. The summed E-state index contributed by atoms with van der Waals surface area (Å²) in [6.45, 7) is 1.46.